The van der Waals surface area contributed by atoms with E-state index in [1.54, 1.807) is 11.4 Å². The minimum absolute atomic E-state index is 0.103. The van der Waals surface area contributed by atoms with Crippen molar-refractivity contribution in [3.05, 3.63) is 75.4 Å². The van der Waals surface area contributed by atoms with Crippen LogP contribution in [0.5, 0.6) is 0 Å². The Kier molecular flexibility index (Phi) is 6.31. The number of carbonyl (C=O) groups is 1. The third-order valence-corrected chi connectivity index (χ3v) is 7.41. The number of nitrogens with one attached hydrogen (secondary N) is 1. The van der Waals surface area contributed by atoms with Crippen LogP contribution in [-0.4, -0.2) is 21.4 Å². The molecule has 2 aromatic carbocycles. The molecule has 0 radical (unpaired) electrons. The zero-order valence-electron chi connectivity index (χ0n) is 16.2. The number of thiophene rings is 1. The number of carbonyl (C=O) groups excluding carboxylic acids is 1. The molecule has 0 atom stereocenters. The van der Waals surface area contributed by atoms with E-state index in [0.717, 1.165) is 9.87 Å². The van der Waals surface area contributed by atoms with Crippen LogP contribution in [-0.2, 0) is 10.0 Å². The normalized spacial score (nSPS) is 11.5. The molecule has 0 saturated heterocycles. The van der Waals surface area contributed by atoms with Gasteiger partial charge >= 0.3 is 0 Å². The Morgan fingerprint density at radius 3 is 2.45 bits per heavy atom. The second kappa shape index (κ2) is 8.57. The van der Waals surface area contributed by atoms with E-state index in [-0.39, 0.29) is 10.8 Å². The third-order valence-electron chi connectivity index (χ3n) is 4.47. The fraction of sp³-hybridized carbons (Fsp3) is 0.190. The quantitative estimate of drug-likeness (QED) is 0.533. The Hall–Kier alpha value is -2.35. The maximum atomic E-state index is 13.0. The van der Waals surface area contributed by atoms with Crippen LogP contribution in [0.3, 0.4) is 0 Å². The zero-order chi connectivity index (χ0) is 21.2. The standard InChI is InChI=1S/C21H21ClN2O3S2/c1-14(2)15-5-4-6-17(13-15)23-21(25)20-19(11-12-28-20)24(3)29(26,27)18-9-7-16(22)8-10-18/h4-14H,1-3H3,(H,23,25). The average molecular weight is 449 g/mol. The molecule has 0 unspecified atom stereocenters. The molecule has 0 aliphatic rings. The fourth-order valence-electron chi connectivity index (χ4n) is 2.78. The molecule has 0 bridgehead atoms. The van der Waals surface area contributed by atoms with E-state index < -0.39 is 10.0 Å². The summed E-state index contributed by atoms with van der Waals surface area (Å²) in [6.07, 6.45) is 0. The maximum absolute atomic E-state index is 13.0. The molecule has 0 saturated carbocycles. The molecule has 8 heteroatoms. The van der Waals surface area contributed by atoms with E-state index >= 15 is 0 Å². The van der Waals surface area contributed by atoms with E-state index in [0.29, 0.717) is 27.2 Å². The van der Waals surface area contributed by atoms with E-state index in [1.165, 1.54) is 42.6 Å². The highest BCUT2D eigenvalue weighted by Crippen LogP contribution is 2.31. The van der Waals surface area contributed by atoms with Gasteiger partial charge in [-0.15, -0.1) is 11.3 Å². The lowest BCUT2D eigenvalue weighted by Gasteiger charge is -2.20. The number of anilines is 2. The minimum atomic E-state index is -3.82. The minimum Gasteiger partial charge on any atom is -0.321 e. The molecule has 152 valence electrons. The van der Waals surface area contributed by atoms with Crippen LogP contribution in [0.15, 0.2) is 64.9 Å². The molecule has 0 aliphatic heterocycles. The van der Waals surface area contributed by atoms with Crippen LogP contribution in [0, 0.1) is 0 Å². The van der Waals surface area contributed by atoms with Gasteiger partial charge in [-0.3, -0.25) is 9.10 Å². The molecule has 3 rings (SSSR count). The highest BCUT2D eigenvalue weighted by atomic mass is 35.5. The summed E-state index contributed by atoms with van der Waals surface area (Å²) in [6, 6.07) is 15.2. The average Bonchev–Trinajstić information content (AvgIpc) is 3.17. The summed E-state index contributed by atoms with van der Waals surface area (Å²) in [4.78, 5) is 13.3. The summed E-state index contributed by atoms with van der Waals surface area (Å²) in [5.74, 6) is -0.0196. The number of hydrogen-bond acceptors (Lipinski definition) is 4. The number of halogens is 1. The lowest BCUT2D eigenvalue weighted by Crippen LogP contribution is -2.28. The first-order valence-corrected chi connectivity index (χ1v) is 11.6. The summed E-state index contributed by atoms with van der Waals surface area (Å²) in [5.41, 5.74) is 2.10. The predicted molar refractivity (Wildman–Crippen MR) is 120 cm³/mol. The Morgan fingerprint density at radius 2 is 1.79 bits per heavy atom. The van der Waals surface area contributed by atoms with Gasteiger partial charge in [0.25, 0.3) is 15.9 Å². The van der Waals surface area contributed by atoms with Crippen LogP contribution in [0.1, 0.15) is 35.0 Å². The summed E-state index contributed by atoms with van der Waals surface area (Å²) in [5, 5.41) is 5.01. The predicted octanol–water partition coefficient (Wildman–Crippen LogP) is 5.60. The van der Waals surface area contributed by atoms with Crippen molar-refractivity contribution in [1.82, 2.24) is 0 Å². The molecular formula is C21H21ClN2O3S2. The SMILES string of the molecule is CC(C)c1cccc(NC(=O)c2sccc2N(C)S(=O)(=O)c2ccc(Cl)cc2)c1. The number of nitrogens with zero attached hydrogens (tertiary/aromatic N) is 1. The summed E-state index contributed by atoms with van der Waals surface area (Å²) < 4.78 is 27.0. The van der Waals surface area contributed by atoms with Crippen molar-refractivity contribution in [2.75, 3.05) is 16.7 Å². The first-order chi connectivity index (χ1) is 13.7. The Bertz CT molecular complexity index is 1120. The number of rotatable bonds is 6. The molecule has 0 aliphatic carbocycles. The van der Waals surface area contributed by atoms with Crippen LogP contribution >= 0.6 is 22.9 Å². The van der Waals surface area contributed by atoms with Gasteiger partial charge in [-0.1, -0.05) is 37.6 Å². The first-order valence-electron chi connectivity index (χ1n) is 8.93. The fourth-order valence-corrected chi connectivity index (χ4v) is 4.99. The molecule has 1 aromatic heterocycles. The van der Waals surface area contributed by atoms with Gasteiger partial charge < -0.3 is 5.32 Å². The molecule has 5 nitrogen and oxygen atoms in total. The third kappa shape index (κ3) is 4.63. The van der Waals surface area contributed by atoms with Gasteiger partial charge in [-0.2, -0.15) is 0 Å². The maximum Gasteiger partial charge on any atom is 0.267 e. The second-order valence-corrected chi connectivity index (χ2v) is 10.1. The number of sulfonamides is 1. The summed E-state index contributed by atoms with van der Waals surface area (Å²) in [6.45, 7) is 4.16. The van der Waals surface area contributed by atoms with Crippen molar-refractivity contribution in [1.29, 1.82) is 0 Å². The Labute approximate surface area is 180 Å². The molecule has 1 amide bonds. The monoisotopic (exact) mass is 448 g/mol. The van der Waals surface area contributed by atoms with Crippen molar-refractivity contribution in [2.24, 2.45) is 0 Å². The topological polar surface area (TPSA) is 66.5 Å². The number of hydrogen-bond donors (Lipinski definition) is 1. The van der Waals surface area contributed by atoms with Crippen molar-refractivity contribution >= 4 is 50.2 Å². The highest BCUT2D eigenvalue weighted by molar-refractivity contribution is 7.92. The van der Waals surface area contributed by atoms with Crippen molar-refractivity contribution in [3.8, 4) is 0 Å². The number of benzene rings is 2. The Balaban J connectivity index is 1.87. The van der Waals surface area contributed by atoms with Crippen LogP contribution < -0.4 is 9.62 Å². The molecule has 0 spiro atoms. The lowest BCUT2D eigenvalue weighted by molar-refractivity contribution is 0.103. The zero-order valence-corrected chi connectivity index (χ0v) is 18.6. The molecule has 1 N–H and O–H groups in total. The van der Waals surface area contributed by atoms with Gasteiger partial charge in [-0.05, 0) is 59.3 Å². The summed E-state index contributed by atoms with van der Waals surface area (Å²) in [7, 11) is -2.39. The molecule has 0 fully saturated rings. The molecule has 29 heavy (non-hydrogen) atoms. The van der Waals surface area contributed by atoms with Crippen LogP contribution in [0.25, 0.3) is 0 Å². The van der Waals surface area contributed by atoms with E-state index in [9.17, 15) is 13.2 Å². The van der Waals surface area contributed by atoms with Gasteiger partial charge in [0.05, 0.1) is 10.6 Å². The number of amides is 1. The van der Waals surface area contributed by atoms with Gasteiger partial charge in [0.2, 0.25) is 0 Å². The van der Waals surface area contributed by atoms with Crippen molar-refractivity contribution < 1.29 is 13.2 Å². The second-order valence-electron chi connectivity index (χ2n) is 6.80. The van der Waals surface area contributed by atoms with Gasteiger partial charge in [0.15, 0.2) is 0 Å². The largest absolute Gasteiger partial charge is 0.321 e. The van der Waals surface area contributed by atoms with Crippen LogP contribution in [0.4, 0.5) is 11.4 Å². The van der Waals surface area contributed by atoms with Crippen molar-refractivity contribution in [3.63, 3.8) is 0 Å². The molecule has 1 heterocycles. The van der Waals surface area contributed by atoms with Crippen LogP contribution in [0.2, 0.25) is 5.02 Å². The smallest absolute Gasteiger partial charge is 0.267 e. The van der Waals surface area contributed by atoms with Crippen molar-refractivity contribution in [2.45, 2.75) is 24.7 Å². The van der Waals surface area contributed by atoms with E-state index in [1.807, 2.05) is 24.3 Å². The Morgan fingerprint density at radius 1 is 1.10 bits per heavy atom. The first kappa shape index (κ1) is 21.4. The molecule has 3 aromatic rings. The summed E-state index contributed by atoms with van der Waals surface area (Å²) >= 11 is 7.05. The van der Waals surface area contributed by atoms with E-state index in [4.69, 9.17) is 11.6 Å². The van der Waals surface area contributed by atoms with Gasteiger partial charge in [-0.25, -0.2) is 8.42 Å². The molecular weight excluding hydrogens is 428 g/mol. The highest BCUT2D eigenvalue weighted by Gasteiger charge is 2.26. The lowest BCUT2D eigenvalue weighted by atomic mass is 10.0. The van der Waals surface area contributed by atoms with Gasteiger partial charge in [0, 0.05) is 17.8 Å². The van der Waals surface area contributed by atoms with Gasteiger partial charge in [0.1, 0.15) is 4.88 Å². The van der Waals surface area contributed by atoms with E-state index in [2.05, 4.69) is 19.2 Å².